The summed E-state index contributed by atoms with van der Waals surface area (Å²) < 4.78 is 15.3. The molecule has 0 aliphatic heterocycles. The molecule has 22 heavy (non-hydrogen) atoms. The second kappa shape index (κ2) is 5.80. The minimum Gasteiger partial charge on any atom is -0.319 e. The number of hydrogen-bond acceptors (Lipinski definition) is 4. The van der Waals surface area contributed by atoms with Crippen LogP contribution in [0.4, 0.5) is 4.39 Å². The van der Waals surface area contributed by atoms with Gasteiger partial charge in [0, 0.05) is 28.5 Å². The molecule has 0 saturated heterocycles. The maximum atomic E-state index is 13.7. The molecule has 114 valence electrons. The third-order valence-corrected chi connectivity index (χ3v) is 4.30. The van der Waals surface area contributed by atoms with Crippen molar-refractivity contribution in [2.45, 2.75) is 19.0 Å². The summed E-state index contributed by atoms with van der Waals surface area (Å²) in [6.45, 7) is 0.256. The molecule has 1 heterocycles. The van der Waals surface area contributed by atoms with Crippen molar-refractivity contribution in [3.63, 3.8) is 0 Å². The van der Waals surface area contributed by atoms with Gasteiger partial charge in [-0.15, -0.1) is 11.3 Å². The van der Waals surface area contributed by atoms with Crippen LogP contribution in [0, 0.1) is 21.8 Å². The molecule has 6 nitrogen and oxygen atoms in total. The van der Waals surface area contributed by atoms with E-state index in [0.717, 1.165) is 0 Å². The first-order valence-electron chi connectivity index (χ1n) is 6.65. The number of benzene rings is 1. The van der Waals surface area contributed by atoms with Crippen molar-refractivity contribution in [1.29, 1.82) is 0 Å². The number of nitrogens with zero attached hydrogens (tertiary/aromatic N) is 3. The van der Waals surface area contributed by atoms with Gasteiger partial charge >= 0.3 is 0 Å². The molecular weight excluding hydrogens is 309 g/mol. The summed E-state index contributed by atoms with van der Waals surface area (Å²) in [5.74, 6) is -1.43. The van der Waals surface area contributed by atoms with E-state index in [1.165, 1.54) is 17.4 Å². The van der Waals surface area contributed by atoms with E-state index in [9.17, 15) is 19.3 Å². The predicted molar refractivity (Wildman–Crippen MR) is 77.3 cm³/mol. The van der Waals surface area contributed by atoms with Crippen LogP contribution in [0.2, 0.25) is 0 Å². The van der Waals surface area contributed by atoms with Crippen molar-refractivity contribution >= 4 is 17.2 Å². The first-order valence-corrected chi connectivity index (χ1v) is 7.53. The molecule has 2 aromatic rings. The summed E-state index contributed by atoms with van der Waals surface area (Å²) >= 11 is 1.24. The molecule has 0 unspecified atom stereocenters. The summed E-state index contributed by atoms with van der Waals surface area (Å²) in [5, 5.41) is 12.3. The number of carbonyl (C=O) groups excluding carboxylic acids is 1. The Balaban J connectivity index is 1.81. The van der Waals surface area contributed by atoms with Crippen LogP contribution in [-0.4, -0.2) is 21.4 Å². The lowest BCUT2D eigenvalue weighted by Gasteiger charge is -2.04. The van der Waals surface area contributed by atoms with Crippen LogP contribution in [-0.2, 0) is 11.3 Å². The Morgan fingerprint density at radius 1 is 1.50 bits per heavy atom. The smallest absolute Gasteiger partial charge is 0.258 e. The average Bonchev–Trinajstić information content (AvgIpc) is 3.19. The third-order valence-electron chi connectivity index (χ3n) is 3.51. The minimum absolute atomic E-state index is 0.244. The van der Waals surface area contributed by atoms with Crippen molar-refractivity contribution in [3.8, 4) is 0 Å². The molecule has 0 N–H and O–H groups in total. The molecule has 0 spiro atoms. The lowest BCUT2D eigenvalue weighted by atomic mass is 10.2. The zero-order valence-electron chi connectivity index (χ0n) is 11.4. The van der Waals surface area contributed by atoms with Crippen molar-refractivity contribution < 1.29 is 14.1 Å². The maximum Gasteiger partial charge on any atom is 0.258 e. The molecule has 2 atom stereocenters. The number of nitro groups is 1. The first-order chi connectivity index (χ1) is 10.6. The third kappa shape index (κ3) is 2.96. The summed E-state index contributed by atoms with van der Waals surface area (Å²) in [4.78, 5) is 26.4. The van der Waals surface area contributed by atoms with E-state index in [-0.39, 0.29) is 18.8 Å². The van der Waals surface area contributed by atoms with Crippen LogP contribution in [0.15, 0.2) is 40.8 Å². The molecule has 1 aliphatic rings. The monoisotopic (exact) mass is 321 g/mol. The second-order valence-corrected chi connectivity index (χ2v) is 5.92. The quantitative estimate of drug-likeness (QED) is 0.636. The summed E-state index contributed by atoms with van der Waals surface area (Å²) in [6, 6.07) is 5.57. The van der Waals surface area contributed by atoms with Crippen LogP contribution < -0.4 is 4.80 Å². The Labute approximate surface area is 128 Å². The number of hydrogen-bond donors (Lipinski definition) is 0. The van der Waals surface area contributed by atoms with Gasteiger partial charge in [-0.2, -0.15) is 4.99 Å². The maximum absolute atomic E-state index is 13.7. The SMILES string of the molecule is O=C(N=c1sccn1Cc1ccccc1F)[C@@H]1C[C@@H]1[N+](=O)[O-]. The van der Waals surface area contributed by atoms with Gasteiger partial charge in [-0.1, -0.05) is 18.2 Å². The van der Waals surface area contributed by atoms with Crippen molar-refractivity contribution in [3.05, 3.63) is 62.1 Å². The van der Waals surface area contributed by atoms with Gasteiger partial charge in [-0.25, -0.2) is 4.39 Å². The highest BCUT2D eigenvalue weighted by molar-refractivity contribution is 7.07. The average molecular weight is 321 g/mol. The van der Waals surface area contributed by atoms with E-state index in [2.05, 4.69) is 4.99 Å². The van der Waals surface area contributed by atoms with E-state index in [4.69, 9.17) is 0 Å². The van der Waals surface area contributed by atoms with Crippen LogP contribution in [0.1, 0.15) is 12.0 Å². The Bertz CT molecular complexity index is 798. The van der Waals surface area contributed by atoms with Crippen molar-refractivity contribution in [2.24, 2.45) is 10.9 Å². The van der Waals surface area contributed by atoms with Crippen LogP contribution in [0.3, 0.4) is 0 Å². The van der Waals surface area contributed by atoms with Gasteiger partial charge in [-0.05, 0) is 6.07 Å². The second-order valence-electron chi connectivity index (χ2n) is 5.05. The number of halogens is 1. The van der Waals surface area contributed by atoms with Crippen molar-refractivity contribution in [1.82, 2.24) is 4.57 Å². The van der Waals surface area contributed by atoms with Gasteiger partial charge in [0.15, 0.2) is 4.80 Å². The van der Waals surface area contributed by atoms with Crippen molar-refractivity contribution in [2.75, 3.05) is 0 Å². The highest BCUT2D eigenvalue weighted by Crippen LogP contribution is 2.33. The Hall–Kier alpha value is -2.35. The molecule has 1 saturated carbocycles. The van der Waals surface area contributed by atoms with Gasteiger partial charge in [0.2, 0.25) is 6.04 Å². The van der Waals surface area contributed by atoms with Gasteiger partial charge in [0.05, 0.1) is 6.54 Å². The Morgan fingerprint density at radius 3 is 2.95 bits per heavy atom. The Kier molecular flexibility index (Phi) is 3.84. The van der Waals surface area contributed by atoms with E-state index in [1.54, 1.807) is 34.3 Å². The summed E-state index contributed by atoms with van der Waals surface area (Å²) in [6.07, 6.45) is 1.95. The summed E-state index contributed by atoms with van der Waals surface area (Å²) in [7, 11) is 0. The molecule has 1 amide bonds. The van der Waals surface area contributed by atoms with E-state index < -0.39 is 22.8 Å². The molecule has 1 aliphatic carbocycles. The zero-order valence-corrected chi connectivity index (χ0v) is 12.2. The molecule has 8 heteroatoms. The number of amides is 1. The fraction of sp³-hybridized carbons (Fsp3) is 0.286. The number of thiazole rings is 1. The molecule has 1 fully saturated rings. The van der Waals surface area contributed by atoms with Gasteiger partial charge in [-0.3, -0.25) is 14.9 Å². The lowest BCUT2D eigenvalue weighted by Crippen LogP contribution is -2.19. The first kappa shape index (κ1) is 14.6. The van der Waals surface area contributed by atoms with Crippen LogP contribution in [0.5, 0.6) is 0 Å². The highest BCUT2D eigenvalue weighted by atomic mass is 32.1. The van der Waals surface area contributed by atoms with Crippen LogP contribution in [0.25, 0.3) is 0 Å². The number of rotatable bonds is 4. The van der Waals surface area contributed by atoms with Gasteiger partial charge in [0.1, 0.15) is 11.7 Å². The van der Waals surface area contributed by atoms with E-state index in [1.807, 2.05) is 0 Å². The van der Waals surface area contributed by atoms with Gasteiger partial charge < -0.3 is 4.57 Å². The molecule has 1 aromatic heterocycles. The van der Waals surface area contributed by atoms with Crippen LogP contribution >= 0.6 is 11.3 Å². The topological polar surface area (TPSA) is 77.5 Å². The number of carbonyl (C=O) groups is 1. The van der Waals surface area contributed by atoms with E-state index in [0.29, 0.717) is 10.4 Å². The molecule has 0 bridgehead atoms. The lowest BCUT2D eigenvalue weighted by molar-refractivity contribution is -0.497. The zero-order chi connectivity index (χ0) is 15.7. The molecule has 0 radical (unpaired) electrons. The predicted octanol–water partition coefficient (Wildman–Crippen LogP) is 1.83. The Morgan fingerprint density at radius 2 is 2.27 bits per heavy atom. The van der Waals surface area contributed by atoms with E-state index >= 15 is 0 Å². The number of aromatic nitrogens is 1. The minimum atomic E-state index is -0.809. The fourth-order valence-electron chi connectivity index (χ4n) is 2.17. The highest BCUT2D eigenvalue weighted by Gasteiger charge is 2.53. The standard InChI is InChI=1S/C14H12FN3O3S/c15-11-4-2-1-3-9(11)8-17-5-6-22-14(17)16-13(19)10-7-12(10)18(20)21/h1-6,10,12H,7-8H2/t10-,12+/m1/s1. The molecule has 3 rings (SSSR count). The summed E-state index contributed by atoms with van der Waals surface area (Å²) in [5.41, 5.74) is 0.490. The molecule has 1 aromatic carbocycles. The normalized spacial score (nSPS) is 20.9. The van der Waals surface area contributed by atoms with Gasteiger partial charge in [0.25, 0.3) is 5.91 Å². The largest absolute Gasteiger partial charge is 0.319 e. The molecular formula is C14H12FN3O3S. The fourth-order valence-corrected chi connectivity index (χ4v) is 2.91.